The Morgan fingerprint density at radius 2 is 1.50 bits per heavy atom. The van der Waals surface area contributed by atoms with Crippen molar-refractivity contribution in [3.63, 3.8) is 0 Å². The average Bonchev–Trinajstić information content (AvgIpc) is 1.46. The Morgan fingerprint density at radius 3 is 1.50 bits per heavy atom. The van der Waals surface area contributed by atoms with E-state index in [9.17, 15) is 0 Å². The van der Waals surface area contributed by atoms with Crippen molar-refractivity contribution in [3.8, 4) is 0 Å². The Bertz CT molecular complexity index is 10.8. The zero-order chi connectivity index (χ0) is 2.12. The first-order valence-corrected chi connectivity index (χ1v) is 1.21. The molecule has 2 heteroatoms. The third-order valence-corrected chi connectivity index (χ3v) is 0.250. The van der Waals surface area contributed by atoms with Gasteiger partial charge in [-0.25, -0.2) is 0 Å². The summed E-state index contributed by atoms with van der Waals surface area (Å²) in [6, 6.07) is 0. The molecule has 0 unspecified atom stereocenters. The van der Waals surface area contributed by atoms with Crippen molar-refractivity contribution in [1.82, 2.24) is 5.32 Å². The van der Waals surface area contributed by atoms with E-state index in [1.165, 1.54) is 13.1 Å². The molecule has 1 aliphatic heterocycles. The van der Waals surface area contributed by atoms with Crippen molar-refractivity contribution >= 4 is 18.9 Å². The topological polar surface area (TPSA) is 21.9 Å². The van der Waals surface area contributed by atoms with Crippen LogP contribution in [0.25, 0.3) is 0 Å². The molecule has 0 amide bonds. The molecule has 0 saturated carbocycles. The van der Waals surface area contributed by atoms with Crippen molar-refractivity contribution in [2.24, 2.45) is 0 Å². The molecule has 1 saturated heterocycles. The minimum atomic E-state index is 0. The fourth-order valence-corrected chi connectivity index (χ4v) is 0. The van der Waals surface area contributed by atoms with E-state index in [4.69, 9.17) is 0 Å². The van der Waals surface area contributed by atoms with Crippen molar-refractivity contribution in [2.75, 3.05) is 13.1 Å². The zero-order valence-corrected chi connectivity index (χ0v) is 1.91. The van der Waals surface area contributed by atoms with Crippen LogP contribution in [0.1, 0.15) is 0 Å². The Balaban J connectivity index is 0.0000000900. The van der Waals surface area contributed by atoms with Gasteiger partial charge in [0.1, 0.15) is 0 Å². The molecule has 1 rings (SSSR count). The maximum absolute atomic E-state index is 3.00. The van der Waals surface area contributed by atoms with E-state index in [-0.39, 0.29) is 18.9 Å². The van der Waals surface area contributed by atoms with Crippen LogP contribution in [-0.4, -0.2) is 32.0 Å². The van der Waals surface area contributed by atoms with Crippen LogP contribution < -0.4 is 5.32 Å². The number of hydrogen-bond donors (Lipinski definition) is 1. The van der Waals surface area contributed by atoms with E-state index in [1.54, 1.807) is 0 Å². The zero-order valence-electron chi connectivity index (χ0n) is 1.91. The predicted molar refractivity (Wildman–Crippen MR) is 20.0 cm³/mol. The van der Waals surface area contributed by atoms with Gasteiger partial charge >= 0.3 is 18.9 Å². The van der Waals surface area contributed by atoms with Gasteiger partial charge in [0.15, 0.2) is 0 Å². The summed E-state index contributed by atoms with van der Waals surface area (Å²) in [6.07, 6.45) is 0. The first kappa shape index (κ1) is 4.56. The van der Waals surface area contributed by atoms with E-state index in [2.05, 4.69) is 5.32 Å². The summed E-state index contributed by atoms with van der Waals surface area (Å²) in [7, 11) is 0. The summed E-state index contributed by atoms with van der Waals surface area (Å²) in [5.74, 6) is 0. The van der Waals surface area contributed by atoms with Gasteiger partial charge in [0.05, 0.1) is 0 Å². The van der Waals surface area contributed by atoms with Gasteiger partial charge in [-0.15, -0.1) is 0 Å². The molecule has 4 heavy (non-hydrogen) atoms. The van der Waals surface area contributed by atoms with Gasteiger partial charge in [0.2, 0.25) is 0 Å². The van der Waals surface area contributed by atoms with E-state index in [0.717, 1.165) is 0 Å². The second kappa shape index (κ2) is 1.84. The monoisotopic (exact) mass is 51.1 g/mol. The third-order valence-electron chi connectivity index (χ3n) is 0.250. The Labute approximate surface area is 37.9 Å². The van der Waals surface area contributed by atoms with E-state index in [0.29, 0.717) is 0 Å². The van der Waals surface area contributed by atoms with Crippen LogP contribution in [-0.2, 0) is 0 Å². The molecule has 0 aromatic carbocycles. The third kappa shape index (κ3) is 2.56. The van der Waals surface area contributed by atoms with Crippen LogP contribution in [0.15, 0.2) is 0 Å². The predicted octanol–water partition coefficient (Wildman–Crippen LogP) is -1.06. The molecule has 0 aliphatic carbocycles. The SMILES string of the molecule is C1CN1.[LiH]. The van der Waals surface area contributed by atoms with Gasteiger partial charge in [-0.1, -0.05) is 0 Å². The number of hydrogen-bond acceptors (Lipinski definition) is 1. The molecule has 0 atom stereocenters. The molecular weight excluding hydrogens is 45.0 g/mol. The standard InChI is InChI=1S/C2H5N.Li.H/c1-2-3-1;;/h3H,1-2H2;;. The van der Waals surface area contributed by atoms with Crippen LogP contribution in [0.2, 0.25) is 0 Å². The molecule has 0 bridgehead atoms. The van der Waals surface area contributed by atoms with Gasteiger partial charge in [-0.2, -0.15) is 0 Å². The summed E-state index contributed by atoms with van der Waals surface area (Å²) < 4.78 is 0. The maximum atomic E-state index is 3.00. The van der Waals surface area contributed by atoms with Gasteiger partial charge in [0, 0.05) is 13.1 Å². The minimum absolute atomic E-state index is 0. The molecule has 0 aromatic heterocycles. The molecule has 1 heterocycles. The molecular formula is C2H6LiN. The summed E-state index contributed by atoms with van der Waals surface area (Å²) in [5.41, 5.74) is 0. The summed E-state index contributed by atoms with van der Waals surface area (Å²) in [5, 5.41) is 3.00. The van der Waals surface area contributed by atoms with Crippen molar-refractivity contribution in [2.45, 2.75) is 0 Å². The Morgan fingerprint density at radius 1 is 1.25 bits per heavy atom. The van der Waals surface area contributed by atoms with E-state index in [1.807, 2.05) is 0 Å². The van der Waals surface area contributed by atoms with E-state index >= 15 is 0 Å². The molecule has 20 valence electrons. The van der Waals surface area contributed by atoms with Gasteiger partial charge in [-0.3, -0.25) is 0 Å². The van der Waals surface area contributed by atoms with Crippen molar-refractivity contribution in [3.05, 3.63) is 0 Å². The van der Waals surface area contributed by atoms with Crippen LogP contribution in [0.5, 0.6) is 0 Å². The molecule has 0 radical (unpaired) electrons. The molecule has 1 nitrogen and oxygen atoms in total. The number of rotatable bonds is 0. The van der Waals surface area contributed by atoms with Gasteiger partial charge in [-0.05, 0) is 0 Å². The number of nitrogens with one attached hydrogen (secondary N) is 1. The van der Waals surface area contributed by atoms with Gasteiger partial charge < -0.3 is 5.32 Å². The average molecular weight is 51.0 g/mol. The second-order valence-electron chi connectivity index (χ2n) is 0.750. The van der Waals surface area contributed by atoms with Crippen molar-refractivity contribution in [1.29, 1.82) is 0 Å². The normalized spacial score (nSPS) is 18.0. The van der Waals surface area contributed by atoms with Crippen LogP contribution >= 0.6 is 0 Å². The van der Waals surface area contributed by atoms with Crippen molar-refractivity contribution < 1.29 is 0 Å². The van der Waals surface area contributed by atoms with Crippen LogP contribution in [0.3, 0.4) is 0 Å². The quantitative estimate of drug-likeness (QED) is 0.275. The molecule has 1 aliphatic rings. The van der Waals surface area contributed by atoms with Gasteiger partial charge in [0.25, 0.3) is 0 Å². The Kier molecular flexibility index (Phi) is 2.09. The van der Waals surface area contributed by atoms with Crippen LogP contribution in [0, 0.1) is 0 Å². The first-order valence-electron chi connectivity index (χ1n) is 1.21. The first-order chi connectivity index (χ1) is 1.50. The summed E-state index contributed by atoms with van der Waals surface area (Å²) in [6.45, 7) is 2.50. The second-order valence-corrected chi connectivity index (χ2v) is 0.750. The van der Waals surface area contributed by atoms with E-state index < -0.39 is 0 Å². The molecule has 0 aromatic rings. The van der Waals surface area contributed by atoms with Crippen LogP contribution in [0.4, 0.5) is 0 Å². The fourth-order valence-electron chi connectivity index (χ4n) is 0. The molecule has 0 spiro atoms. The summed E-state index contributed by atoms with van der Waals surface area (Å²) in [4.78, 5) is 0. The Hall–Kier alpha value is 0.557. The molecule has 1 fully saturated rings. The summed E-state index contributed by atoms with van der Waals surface area (Å²) >= 11 is 0. The fraction of sp³-hybridized carbons (Fsp3) is 1.00. The molecule has 1 N–H and O–H groups in total.